The average Bonchev–Trinajstić information content (AvgIpc) is 3.07. The van der Waals surface area contributed by atoms with Gasteiger partial charge in [-0.2, -0.15) is 0 Å². The maximum atomic E-state index is 13.5. The number of hydrogen-bond donors (Lipinski definition) is 2. The summed E-state index contributed by atoms with van der Waals surface area (Å²) >= 11 is 13.1. The van der Waals surface area contributed by atoms with Crippen LogP contribution in [-0.2, 0) is 9.09 Å². The van der Waals surface area contributed by atoms with Crippen molar-refractivity contribution >= 4 is 59.0 Å². The molecule has 1 aromatic heterocycles. The summed E-state index contributed by atoms with van der Waals surface area (Å²) < 4.78 is 18.9. The Morgan fingerprint density at radius 3 is 2.41 bits per heavy atom. The van der Waals surface area contributed by atoms with Gasteiger partial charge in [-0.25, -0.2) is 4.79 Å². The second-order valence-electron chi connectivity index (χ2n) is 6.42. The smallest absolute Gasteiger partial charge is 0.348 e. The van der Waals surface area contributed by atoms with Crippen molar-refractivity contribution in [3.63, 3.8) is 0 Å². The molecule has 0 fully saturated rings. The van der Waals surface area contributed by atoms with Gasteiger partial charge in [0.2, 0.25) is 0 Å². The number of rotatable bonds is 6. The summed E-state index contributed by atoms with van der Waals surface area (Å²) in [5.41, 5.74) is 2.74. The number of carboxylic acid groups (broad SMARTS) is 1. The minimum Gasteiger partial charge on any atom is -0.477 e. The number of carbonyl (C=O) groups is 1. The minimum atomic E-state index is -3.55. The molecule has 0 bridgehead atoms. The van der Waals surface area contributed by atoms with E-state index < -0.39 is 13.5 Å². The van der Waals surface area contributed by atoms with Crippen molar-refractivity contribution in [3.05, 3.63) is 68.5 Å². The molecule has 0 aliphatic rings. The molecular weight excluding hydrogens is 452 g/mol. The minimum absolute atomic E-state index is 0.0214. The highest BCUT2D eigenvalue weighted by molar-refractivity contribution is 7.68. The lowest BCUT2D eigenvalue weighted by molar-refractivity contribution is 0.0703. The first-order valence-corrected chi connectivity index (χ1v) is 11.7. The van der Waals surface area contributed by atoms with E-state index in [1.165, 1.54) is 7.11 Å². The molecule has 1 heterocycles. The summed E-state index contributed by atoms with van der Waals surface area (Å²) in [5.74, 6) is -1.13. The van der Waals surface area contributed by atoms with Gasteiger partial charge in [-0.3, -0.25) is 4.57 Å². The molecule has 3 rings (SSSR count). The van der Waals surface area contributed by atoms with Gasteiger partial charge < -0.3 is 14.7 Å². The summed E-state index contributed by atoms with van der Waals surface area (Å²) in [7, 11) is -2.21. The SMILES string of the molecule is COP(=O)(Nc1cc(-c2ccc(Cl)c(Cl)c2)sc1C(=O)O)c1ccc(C)cc1C. The highest BCUT2D eigenvalue weighted by atomic mass is 35.5. The Labute approximate surface area is 182 Å². The van der Waals surface area contributed by atoms with Gasteiger partial charge in [0.05, 0.1) is 21.0 Å². The molecule has 9 heteroatoms. The molecule has 29 heavy (non-hydrogen) atoms. The standard InChI is InChI=1S/C20H18Cl2NO4PS/c1-11-4-7-17(12(2)8-11)28(26,27-3)23-16-10-18(29-19(16)20(24)25)13-5-6-14(21)15(22)9-13/h4-10H,1-3H3,(H,23,26)(H,24,25). The highest BCUT2D eigenvalue weighted by Crippen LogP contribution is 2.49. The third-order valence-corrected chi connectivity index (χ3v) is 8.42. The normalized spacial score (nSPS) is 13.1. The van der Waals surface area contributed by atoms with Crippen molar-refractivity contribution in [1.82, 2.24) is 0 Å². The molecule has 2 N–H and O–H groups in total. The third-order valence-electron chi connectivity index (χ3n) is 4.32. The van der Waals surface area contributed by atoms with Gasteiger partial charge in [0.1, 0.15) is 4.88 Å². The van der Waals surface area contributed by atoms with Crippen LogP contribution in [0.1, 0.15) is 20.8 Å². The van der Waals surface area contributed by atoms with E-state index >= 15 is 0 Å². The van der Waals surface area contributed by atoms with Crippen LogP contribution >= 0.6 is 42.1 Å². The Bertz CT molecular complexity index is 1150. The summed E-state index contributed by atoms with van der Waals surface area (Å²) in [6.07, 6.45) is 0. The van der Waals surface area contributed by atoms with Gasteiger partial charge in [0.15, 0.2) is 0 Å². The molecular formula is C20H18Cl2NO4PS. The second-order valence-corrected chi connectivity index (χ2v) is 10.5. The van der Waals surface area contributed by atoms with Crippen LogP contribution < -0.4 is 10.4 Å². The van der Waals surface area contributed by atoms with Crippen LogP contribution in [0.4, 0.5) is 5.69 Å². The van der Waals surface area contributed by atoms with Gasteiger partial charge in [-0.1, -0.05) is 47.0 Å². The predicted octanol–water partition coefficient (Wildman–Crippen LogP) is 6.61. The van der Waals surface area contributed by atoms with Gasteiger partial charge in [0.25, 0.3) is 0 Å². The highest BCUT2D eigenvalue weighted by Gasteiger charge is 2.30. The fourth-order valence-corrected chi connectivity index (χ4v) is 5.95. The Hall–Kier alpha value is -1.82. The number of thiophene rings is 1. The number of benzene rings is 2. The van der Waals surface area contributed by atoms with Crippen LogP contribution in [0.2, 0.25) is 10.0 Å². The van der Waals surface area contributed by atoms with E-state index in [1.807, 2.05) is 26.0 Å². The molecule has 0 aliphatic heterocycles. The molecule has 0 radical (unpaired) electrons. The summed E-state index contributed by atoms with van der Waals surface area (Å²) in [6.45, 7) is 3.77. The number of aromatic carboxylic acids is 1. The molecule has 1 atom stereocenters. The maximum Gasteiger partial charge on any atom is 0.348 e. The van der Waals surface area contributed by atoms with E-state index in [-0.39, 0.29) is 10.6 Å². The molecule has 0 saturated heterocycles. The van der Waals surface area contributed by atoms with Crippen LogP contribution in [0.3, 0.4) is 0 Å². The Balaban J connectivity index is 2.07. The molecule has 2 aromatic carbocycles. The van der Waals surface area contributed by atoms with Gasteiger partial charge in [-0.05, 0) is 49.2 Å². The molecule has 152 valence electrons. The van der Waals surface area contributed by atoms with E-state index in [0.717, 1.165) is 22.5 Å². The zero-order valence-corrected chi connectivity index (χ0v) is 19.0. The molecule has 0 spiro atoms. The van der Waals surface area contributed by atoms with Gasteiger partial charge in [-0.15, -0.1) is 11.3 Å². The fraction of sp³-hybridized carbons (Fsp3) is 0.150. The average molecular weight is 470 g/mol. The fourth-order valence-electron chi connectivity index (χ4n) is 2.92. The van der Waals surface area contributed by atoms with E-state index in [9.17, 15) is 14.5 Å². The monoisotopic (exact) mass is 469 g/mol. The van der Waals surface area contributed by atoms with E-state index in [1.54, 1.807) is 30.3 Å². The zero-order chi connectivity index (χ0) is 21.3. The molecule has 0 amide bonds. The molecule has 5 nitrogen and oxygen atoms in total. The van der Waals surface area contributed by atoms with Gasteiger partial charge in [0, 0.05) is 12.0 Å². The van der Waals surface area contributed by atoms with E-state index in [4.69, 9.17) is 27.7 Å². The number of halogens is 2. The lowest BCUT2D eigenvalue weighted by Crippen LogP contribution is -2.17. The van der Waals surface area contributed by atoms with Crippen molar-refractivity contribution in [2.45, 2.75) is 13.8 Å². The van der Waals surface area contributed by atoms with Crippen LogP contribution in [-0.4, -0.2) is 18.2 Å². The molecule has 0 saturated carbocycles. The summed E-state index contributed by atoms with van der Waals surface area (Å²) in [4.78, 5) is 12.5. The number of hydrogen-bond acceptors (Lipinski definition) is 4. The van der Waals surface area contributed by atoms with E-state index in [2.05, 4.69) is 5.09 Å². The Morgan fingerprint density at radius 1 is 1.10 bits per heavy atom. The molecule has 0 aliphatic carbocycles. The summed E-state index contributed by atoms with van der Waals surface area (Å²) in [5, 5.41) is 13.8. The number of anilines is 1. The second kappa shape index (κ2) is 8.50. The number of aryl methyl sites for hydroxylation is 2. The predicted molar refractivity (Wildman–Crippen MR) is 121 cm³/mol. The van der Waals surface area contributed by atoms with E-state index in [0.29, 0.717) is 25.8 Å². The van der Waals surface area contributed by atoms with Crippen molar-refractivity contribution in [3.8, 4) is 10.4 Å². The van der Waals surface area contributed by atoms with Crippen molar-refractivity contribution < 1.29 is 19.0 Å². The Morgan fingerprint density at radius 2 is 1.83 bits per heavy atom. The first-order valence-electron chi connectivity index (χ1n) is 8.49. The van der Waals surface area contributed by atoms with Crippen molar-refractivity contribution in [1.29, 1.82) is 0 Å². The van der Waals surface area contributed by atoms with Crippen LogP contribution in [0.25, 0.3) is 10.4 Å². The Kier molecular flexibility index (Phi) is 6.42. The van der Waals surface area contributed by atoms with Crippen LogP contribution in [0, 0.1) is 13.8 Å². The van der Waals surface area contributed by atoms with Crippen LogP contribution in [0.15, 0.2) is 42.5 Å². The first kappa shape index (κ1) is 21.9. The lowest BCUT2D eigenvalue weighted by atomic mass is 10.2. The zero-order valence-electron chi connectivity index (χ0n) is 15.8. The van der Waals surface area contributed by atoms with Crippen molar-refractivity contribution in [2.24, 2.45) is 0 Å². The van der Waals surface area contributed by atoms with Crippen LogP contribution in [0.5, 0.6) is 0 Å². The largest absolute Gasteiger partial charge is 0.477 e. The number of nitrogens with one attached hydrogen (secondary N) is 1. The maximum absolute atomic E-state index is 13.5. The number of carboxylic acids is 1. The quantitative estimate of drug-likeness (QED) is 0.397. The van der Waals surface area contributed by atoms with Crippen molar-refractivity contribution in [2.75, 3.05) is 12.2 Å². The molecule has 1 unspecified atom stereocenters. The topological polar surface area (TPSA) is 75.6 Å². The first-order chi connectivity index (χ1) is 13.6. The third kappa shape index (κ3) is 4.52. The molecule has 3 aromatic rings. The lowest BCUT2D eigenvalue weighted by Gasteiger charge is -2.20. The summed E-state index contributed by atoms with van der Waals surface area (Å²) in [6, 6.07) is 12.1. The van der Waals surface area contributed by atoms with Gasteiger partial charge >= 0.3 is 13.5 Å².